The number of aromatic nitrogens is 1. The van der Waals surface area contributed by atoms with E-state index in [-0.39, 0.29) is 4.90 Å². The van der Waals surface area contributed by atoms with Crippen molar-refractivity contribution in [2.45, 2.75) is 16.7 Å². The van der Waals surface area contributed by atoms with Crippen molar-refractivity contribution in [2.24, 2.45) is 0 Å². The molecule has 0 bridgehead atoms. The highest BCUT2D eigenvalue weighted by Crippen LogP contribution is 2.31. The van der Waals surface area contributed by atoms with Gasteiger partial charge in [-0.25, -0.2) is 0 Å². The van der Waals surface area contributed by atoms with Crippen LogP contribution in [0.5, 0.6) is 0 Å². The second kappa shape index (κ2) is 6.19. The molecule has 0 fully saturated rings. The van der Waals surface area contributed by atoms with Gasteiger partial charge in [0.2, 0.25) is 0 Å². The van der Waals surface area contributed by atoms with Crippen molar-refractivity contribution < 1.29 is 12.3 Å². The maximum Gasteiger partial charge on any atom is 0.332 e. The van der Waals surface area contributed by atoms with Gasteiger partial charge in [0.15, 0.2) is 0 Å². The molecule has 0 radical (unpaired) electrons. The van der Waals surface area contributed by atoms with Crippen molar-refractivity contribution in [1.29, 1.82) is 5.26 Å². The molecule has 2 N–H and O–H groups in total. The van der Waals surface area contributed by atoms with Crippen LogP contribution in [0.25, 0.3) is 10.9 Å². The molecule has 5 nitrogen and oxygen atoms in total. The second-order valence-corrected chi connectivity index (χ2v) is 7.33. The maximum atomic E-state index is 12.9. The largest absolute Gasteiger partial charge is 0.358 e. The molecule has 0 aliphatic rings. The van der Waals surface area contributed by atoms with Gasteiger partial charge in [0.1, 0.15) is 6.07 Å². The predicted molar refractivity (Wildman–Crippen MR) is 92.0 cm³/mol. The predicted octanol–water partition coefficient (Wildman–Crippen LogP) is 4.13. The number of nitrogens with one attached hydrogen (secondary N) is 2. The second-order valence-electron chi connectivity index (χ2n) is 5.11. The zero-order valence-electron chi connectivity index (χ0n) is 12.5. The van der Waals surface area contributed by atoms with E-state index in [1.807, 2.05) is 19.1 Å². The molecule has 1 aromatic heterocycles. The number of nitrogens with zero attached hydrogens (tertiary/aromatic N) is 1. The molecule has 0 aliphatic carbocycles. The van der Waals surface area contributed by atoms with Crippen LogP contribution < -0.4 is 4.72 Å². The molecule has 2 aromatic carbocycles. The van der Waals surface area contributed by atoms with Gasteiger partial charge in [-0.1, -0.05) is 6.07 Å². The zero-order valence-corrected chi connectivity index (χ0v) is 14.1. The van der Waals surface area contributed by atoms with E-state index in [9.17, 15) is 12.3 Å². The lowest BCUT2D eigenvalue weighted by Gasteiger charge is -2.08. The summed E-state index contributed by atoms with van der Waals surface area (Å²) in [4.78, 5) is 3.44. The van der Waals surface area contributed by atoms with Gasteiger partial charge in [-0.2, -0.15) is 13.7 Å². The molecule has 24 heavy (non-hydrogen) atoms. The number of hydrogen-bond acceptors (Lipinski definition) is 5. The van der Waals surface area contributed by atoms with E-state index in [4.69, 9.17) is 5.26 Å². The molecule has 0 unspecified atom stereocenters. The monoisotopic (exact) mass is 361 g/mol. The molecule has 0 saturated heterocycles. The van der Waals surface area contributed by atoms with Gasteiger partial charge in [0, 0.05) is 16.5 Å². The van der Waals surface area contributed by atoms with Crippen molar-refractivity contribution in [2.75, 3.05) is 4.72 Å². The Morgan fingerprint density at radius 3 is 2.54 bits per heavy atom. The van der Waals surface area contributed by atoms with Crippen molar-refractivity contribution in [3.8, 4) is 6.07 Å². The van der Waals surface area contributed by atoms with E-state index >= 15 is 0 Å². The van der Waals surface area contributed by atoms with Crippen molar-refractivity contribution in [3.63, 3.8) is 0 Å². The molecule has 1 heterocycles. The fourth-order valence-corrected chi connectivity index (χ4v) is 3.51. The number of aryl methyl sites for hydroxylation is 1. The lowest BCUT2D eigenvalue weighted by atomic mass is 10.1. The number of anilines is 1. The summed E-state index contributed by atoms with van der Waals surface area (Å²) in [5.41, 5.74) is 3.19. The zero-order chi connectivity index (χ0) is 17.3. The Hall–Kier alpha value is -2.50. The summed E-state index contributed by atoms with van der Waals surface area (Å²) in [6, 6.07) is 11.4. The number of nitriles is 1. The smallest absolute Gasteiger partial charge is 0.332 e. The SMILES string of the molecule is Cc1ccc(NSc2ccc(S(=O)(=O)F)cc2)c2[nH]cc(C#N)c12. The van der Waals surface area contributed by atoms with E-state index < -0.39 is 10.2 Å². The van der Waals surface area contributed by atoms with Crippen molar-refractivity contribution in [1.82, 2.24) is 4.98 Å². The first kappa shape index (κ1) is 16.4. The maximum absolute atomic E-state index is 12.9. The summed E-state index contributed by atoms with van der Waals surface area (Å²) in [6.45, 7) is 1.93. The average Bonchev–Trinajstić information content (AvgIpc) is 2.99. The molecule has 0 spiro atoms. The molecular formula is C16H12FN3O2S2. The van der Waals surface area contributed by atoms with Crippen LogP contribution in [0.2, 0.25) is 0 Å². The lowest BCUT2D eigenvalue weighted by molar-refractivity contribution is 0.552. The highest BCUT2D eigenvalue weighted by molar-refractivity contribution is 8.00. The third kappa shape index (κ3) is 3.09. The van der Waals surface area contributed by atoms with Crippen LogP contribution >= 0.6 is 11.9 Å². The van der Waals surface area contributed by atoms with E-state index in [1.165, 1.54) is 36.2 Å². The van der Waals surface area contributed by atoms with E-state index in [1.54, 1.807) is 6.20 Å². The van der Waals surface area contributed by atoms with Crippen LogP contribution in [0.4, 0.5) is 9.57 Å². The first-order valence-corrected chi connectivity index (χ1v) is 9.08. The summed E-state index contributed by atoms with van der Waals surface area (Å²) in [5.74, 6) is 0. The number of benzene rings is 2. The van der Waals surface area contributed by atoms with Gasteiger partial charge in [0.25, 0.3) is 0 Å². The van der Waals surface area contributed by atoms with Crippen LogP contribution in [0.3, 0.4) is 0 Å². The third-order valence-corrected chi connectivity index (χ3v) is 5.21. The minimum atomic E-state index is -4.69. The molecular weight excluding hydrogens is 349 g/mol. The third-order valence-electron chi connectivity index (χ3n) is 3.55. The van der Waals surface area contributed by atoms with Gasteiger partial charge >= 0.3 is 10.2 Å². The van der Waals surface area contributed by atoms with Gasteiger partial charge in [0.05, 0.1) is 21.7 Å². The number of H-pyrrole nitrogens is 1. The average molecular weight is 361 g/mol. The first-order chi connectivity index (χ1) is 11.4. The molecule has 0 aliphatic heterocycles. The first-order valence-electron chi connectivity index (χ1n) is 6.88. The molecule has 0 amide bonds. The quantitative estimate of drug-likeness (QED) is 0.539. The summed E-state index contributed by atoms with van der Waals surface area (Å²) < 4.78 is 37.7. The Morgan fingerprint density at radius 1 is 1.21 bits per heavy atom. The van der Waals surface area contributed by atoms with Gasteiger partial charge in [-0.05, 0) is 54.8 Å². The summed E-state index contributed by atoms with van der Waals surface area (Å²) in [5, 5.41) is 10.0. The molecule has 3 aromatic rings. The summed E-state index contributed by atoms with van der Waals surface area (Å²) in [6.07, 6.45) is 1.66. The molecule has 3 rings (SSSR count). The van der Waals surface area contributed by atoms with Crippen LogP contribution in [-0.2, 0) is 10.2 Å². The molecule has 0 saturated carbocycles. The Bertz CT molecular complexity index is 1050. The normalized spacial score (nSPS) is 11.4. The Morgan fingerprint density at radius 2 is 1.92 bits per heavy atom. The van der Waals surface area contributed by atoms with Crippen LogP contribution in [0, 0.1) is 18.3 Å². The fourth-order valence-electron chi connectivity index (χ4n) is 2.38. The molecule has 0 atom stereocenters. The molecule has 122 valence electrons. The number of fused-ring (bicyclic) bond motifs is 1. The number of aromatic amines is 1. The minimum Gasteiger partial charge on any atom is -0.358 e. The van der Waals surface area contributed by atoms with E-state index in [2.05, 4.69) is 15.8 Å². The van der Waals surface area contributed by atoms with Crippen molar-refractivity contribution >= 4 is 38.8 Å². The van der Waals surface area contributed by atoms with E-state index in [0.717, 1.165) is 27.0 Å². The Kier molecular flexibility index (Phi) is 4.22. The van der Waals surface area contributed by atoms with E-state index in [0.29, 0.717) is 5.56 Å². The van der Waals surface area contributed by atoms with Gasteiger partial charge in [-0.3, -0.25) is 0 Å². The number of rotatable bonds is 4. The highest BCUT2D eigenvalue weighted by Gasteiger charge is 2.12. The van der Waals surface area contributed by atoms with Crippen molar-refractivity contribution in [3.05, 3.63) is 53.7 Å². The van der Waals surface area contributed by atoms with Crippen LogP contribution in [0.15, 0.2) is 52.4 Å². The summed E-state index contributed by atoms with van der Waals surface area (Å²) >= 11 is 1.26. The minimum absolute atomic E-state index is 0.368. The highest BCUT2D eigenvalue weighted by atomic mass is 32.3. The standard InChI is InChI=1S/C16H12FN3O2S2/c1-10-2-7-14(16-15(10)11(8-18)9-19-16)20-23-12-3-5-13(6-4-12)24(17,21)22/h2-7,9,19-20H,1H3. The number of hydrogen-bond donors (Lipinski definition) is 2. The summed E-state index contributed by atoms with van der Waals surface area (Å²) in [7, 11) is -4.69. The van der Waals surface area contributed by atoms with Crippen LogP contribution in [0.1, 0.15) is 11.1 Å². The van der Waals surface area contributed by atoms with Crippen LogP contribution in [-0.4, -0.2) is 13.4 Å². The van der Waals surface area contributed by atoms with Gasteiger partial charge in [-0.15, -0.1) is 3.89 Å². The molecule has 8 heteroatoms. The fraction of sp³-hybridized carbons (Fsp3) is 0.0625. The van der Waals surface area contributed by atoms with Gasteiger partial charge < -0.3 is 9.71 Å². The lowest BCUT2D eigenvalue weighted by Crippen LogP contribution is -1.92. The Labute approximate surface area is 142 Å². The Balaban J connectivity index is 1.85. The topological polar surface area (TPSA) is 85.8 Å². The number of halogens is 1.